The zero-order valence-electron chi connectivity index (χ0n) is 5.89. The van der Waals surface area contributed by atoms with Crippen molar-refractivity contribution in [1.29, 1.82) is 0 Å². The second-order valence-corrected chi connectivity index (χ2v) is 1.78. The molecule has 0 saturated heterocycles. The van der Waals surface area contributed by atoms with Crippen LogP contribution in [0.1, 0.15) is 0 Å². The third-order valence-corrected chi connectivity index (χ3v) is 1.07. The van der Waals surface area contributed by atoms with E-state index in [1.165, 1.54) is 30.5 Å². The van der Waals surface area contributed by atoms with Gasteiger partial charge in [-0.15, -0.1) is 4.99 Å². The molecule has 58 valence electrons. The molecule has 0 spiro atoms. The lowest BCUT2D eigenvalue weighted by molar-refractivity contribution is 0.564. The van der Waals surface area contributed by atoms with Crippen LogP contribution in [0.4, 0.5) is 11.5 Å². The molecule has 0 aliphatic carbocycles. The third-order valence-electron chi connectivity index (χ3n) is 1.07. The lowest BCUT2D eigenvalue weighted by Crippen LogP contribution is -1.71. The summed E-state index contributed by atoms with van der Waals surface area (Å²) in [6, 6.07) is 2.94. The highest BCUT2D eigenvalue weighted by atomic mass is 16.1. The molecule has 0 aliphatic heterocycles. The van der Waals surface area contributed by atoms with E-state index in [1.807, 2.05) is 0 Å². The molecule has 1 aromatic rings. The van der Waals surface area contributed by atoms with E-state index in [0.717, 1.165) is 0 Å². The molecule has 12 heavy (non-hydrogen) atoms. The standard InChI is InChI=1S/C7H3N3O2/c11-4-9-6-1-2-7(8-3-6)10-5-12/h1-3H. The zero-order chi connectivity index (χ0) is 8.81. The molecule has 1 rings (SSSR count). The number of aromatic nitrogens is 1. The Bertz CT molecular complexity index is 322. The van der Waals surface area contributed by atoms with Gasteiger partial charge < -0.3 is 0 Å². The molecule has 5 nitrogen and oxygen atoms in total. The van der Waals surface area contributed by atoms with Crippen molar-refractivity contribution in [3.8, 4) is 0 Å². The Morgan fingerprint density at radius 3 is 2.42 bits per heavy atom. The highest BCUT2D eigenvalue weighted by molar-refractivity contribution is 5.51. The van der Waals surface area contributed by atoms with E-state index in [0.29, 0.717) is 5.69 Å². The zero-order valence-corrected chi connectivity index (χ0v) is 5.89. The Morgan fingerprint density at radius 2 is 1.92 bits per heavy atom. The SMILES string of the molecule is O=C=Nc1ccc(N=C=O)nc1. The monoisotopic (exact) mass is 161 g/mol. The number of rotatable bonds is 2. The van der Waals surface area contributed by atoms with Gasteiger partial charge in [-0.1, -0.05) is 0 Å². The number of pyridine rings is 1. The van der Waals surface area contributed by atoms with Crippen molar-refractivity contribution in [3.63, 3.8) is 0 Å². The summed E-state index contributed by atoms with van der Waals surface area (Å²) < 4.78 is 0. The highest BCUT2D eigenvalue weighted by Gasteiger charge is 1.90. The summed E-state index contributed by atoms with van der Waals surface area (Å²) in [6.07, 6.45) is 4.01. The molecule has 0 N–H and O–H groups in total. The Kier molecular flexibility index (Phi) is 2.62. The summed E-state index contributed by atoms with van der Waals surface area (Å²) >= 11 is 0. The summed E-state index contributed by atoms with van der Waals surface area (Å²) in [5.41, 5.74) is 0.370. The van der Waals surface area contributed by atoms with Crippen molar-refractivity contribution in [3.05, 3.63) is 18.3 Å². The predicted octanol–water partition coefficient (Wildman–Crippen LogP) is 1.02. The van der Waals surface area contributed by atoms with Gasteiger partial charge in [0.25, 0.3) is 0 Å². The molecule has 0 fully saturated rings. The number of hydrogen-bond acceptors (Lipinski definition) is 5. The van der Waals surface area contributed by atoms with Gasteiger partial charge in [-0.05, 0) is 12.1 Å². The first kappa shape index (κ1) is 8.01. The average molecular weight is 161 g/mol. The molecule has 0 radical (unpaired) electrons. The molecule has 1 aromatic heterocycles. The maximum atomic E-state index is 9.78. The largest absolute Gasteiger partial charge is 0.242 e. The van der Waals surface area contributed by atoms with Crippen molar-refractivity contribution in [2.24, 2.45) is 9.98 Å². The van der Waals surface area contributed by atoms with Gasteiger partial charge in [-0.2, -0.15) is 4.99 Å². The van der Waals surface area contributed by atoms with Gasteiger partial charge in [0.1, 0.15) is 0 Å². The summed E-state index contributed by atoms with van der Waals surface area (Å²) in [4.78, 5) is 29.8. The smallest absolute Gasteiger partial charge is 0.234 e. The molecule has 0 atom stereocenters. The lowest BCUT2D eigenvalue weighted by Gasteiger charge is -1.88. The normalized spacial score (nSPS) is 8.00. The van der Waals surface area contributed by atoms with Crippen LogP contribution in [0, 0.1) is 0 Å². The Labute approximate surface area is 67.5 Å². The van der Waals surface area contributed by atoms with Crippen LogP contribution in [0.5, 0.6) is 0 Å². The second-order valence-electron chi connectivity index (χ2n) is 1.78. The van der Waals surface area contributed by atoms with E-state index < -0.39 is 0 Å². The van der Waals surface area contributed by atoms with Crippen LogP contribution >= 0.6 is 0 Å². The number of isocyanates is 2. The van der Waals surface area contributed by atoms with Gasteiger partial charge in [0.15, 0.2) is 5.82 Å². The van der Waals surface area contributed by atoms with Crippen molar-refractivity contribution in [1.82, 2.24) is 4.98 Å². The minimum Gasteiger partial charge on any atom is -0.234 e. The summed E-state index contributed by atoms with van der Waals surface area (Å²) in [7, 11) is 0. The van der Waals surface area contributed by atoms with Gasteiger partial charge in [0.2, 0.25) is 12.2 Å². The van der Waals surface area contributed by atoms with Gasteiger partial charge in [0, 0.05) is 0 Å². The van der Waals surface area contributed by atoms with Crippen LogP contribution in [0.3, 0.4) is 0 Å². The van der Waals surface area contributed by atoms with Gasteiger partial charge in [-0.3, -0.25) is 0 Å². The predicted molar refractivity (Wildman–Crippen MR) is 39.8 cm³/mol. The molecule has 0 aromatic carbocycles. The van der Waals surface area contributed by atoms with Crippen molar-refractivity contribution in [2.75, 3.05) is 0 Å². The van der Waals surface area contributed by atoms with Crippen LogP contribution in [0.25, 0.3) is 0 Å². The fraction of sp³-hybridized carbons (Fsp3) is 0. The first-order chi connectivity index (χ1) is 5.86. The van der Waals surface area contributed by atoms with E-state index in [-0.39, 0.29) is 5.82 Å². The molecule has 5 heteroatoms. The molecule has 0 saturated carbocycles. The second kappa shape index (κ2) is 3.93. The van der Waals surface area contributed by atoms with Crippen molar-refractivity contribution < 1.29 is 9.59 Å². The summed E-state index contributed by atoms with van der Waals surface area (Å²) in [6.45, 7) is 0. The van der Waals surface area contributed by atoms with Crippen LogP contribution < -0.4 is 0 Å². The first-order valence-electron chi connectivity index (χ1n) is 2.98. The van der Waals surface area contributed by atoms with Crippen LogP contribution in [0.2, 0.25) is 0 Å². The molecule has 1 heterocycles. The minimum absolute atomic E-state index is 0.231. The first-order valence-corrected chi connectivity index (χ1v) is 2.98. The van der Waals surface area contributed by atoms with Gasteiger partial charge >= 0.3 is 0 Å². The van der Waals surface area contributed by atoms with Crippen LogP contribution in [0.15, 0.2) is 28.3 Å². The van der Waals surface area contributed by atoms with Crippen molar-refractivity contribution >= 4 is 23.7 Å². The average Bonchev–Trinajstić information content (AvgIpc) is 2.09. The fourth-order valence-corrected chi connectivity index (χ4v) is 0.610. The fourth-order valence-electron chi connectivity index (χ4n) is 0.610. The molecular weight excluding hydrogens is 158 g/mol. The molecule has 0 amide bonds. The molecule has 0 unspecified atom stereocenters. The van der Waals surface area contributed by atoms with Gasteiger partial charge in [-0.25, -0.2) is 14.6 Å². The van der Waals surface area contributed by atoms with Crippen LogP contribution in [-0.4, -0.2) is 17.1 Å². The van der Waals surface area contributed by atoms with Crippen LogP contribution in [-0.2, 0) is 9.59 Å². The highest BCUT2D eigenvalue weighted by Crippen LogP contribution is 2.13. The van der Waals surface area contributed by atoms with E-state index in [4.69, 9.17) is 0 Å². The maximum Gasteiger partial charge on any atom is 0.242 e. The third kappa shape index (κ3) is 1.95. The molecular formula is C7H3N3O2. The van der Waals surface area contributed by atoms with E-state index in [9.17, 15) is 9.59 Å². The van der Waals surface area contributed by atoms with E-state index in [2.05, 4.69) is 15.0 Å². The lowest BCUT2D eigenvalue weighted by atomic mass is 10.4. The van der Waals surface area contributed by atoms with E-state index in [1.54, 1.807) is 0 Å². The van der Waals surface area contributed by atoms with E-state index >= 15 is 0 Å². The topological polar surface area (TPSA) is 71.8 Å². The summed E-state index contributed by atoms with van der Waals surface area (Å²) in [5.74, 6) is 0.231. The quantitative estimate of drug-likeness (QED) is 0.480. The summed E-state index contributed by atoms with van der Waals surface area (Å²) in [5, 5.41) is 0. The number of hydrogen-bond donors (Lipinski definition) is 0. The minimum atomic E-state index is 0.231. The Balaban J connectivity index is 2.99. The molecule has 0 bridgehead atoms. The Morgan fingerprint density at radius 1 is 1.17 bits per heavy atom. The number of nitrogens with zero attached hydrogens (tertiary/aromatic N) is 3. The molecule has 0 aliphatic rings. The Hall–Kier alpha value is -2.09. The number of carbonyl (C=O) groups excluding carboxylic acids is 2. The van der Waals surface area contributed by atoms with Gasteiger partial charge in [0.05, 0.1) is 11.9 Å². The number of aliphatic imine (C=N–C) groups is 2. The maximum absolute atomic E-state index is 9.78. The van der Waals surface area contributed by atoms with Crippen molar-refractivity contribution in [2.45, 2.75) is 0 Å².